The van der Waals surface area contributed by atoms with Gasteiger partial charge in [-0.25, -0.2) is 0 Å². The zero-order valence-corrected chi connectivity index (χ0v) is 16.8. The minimum Gasteiger partial charge on any atom is -0.386 e. The van der Waals surface area contributed by atoms with Crippen LogP contribution in [0.2, 0.25) is 5.02 Å². The number of nitrogens with one attached hydrogen (secondary N) is 3. The monoisotopic (exact) mass is 395 g/mol. The van der Waals surface area contributed by atoms with Gasteiger partial charge >= 0.3 is 0 Å². The van der Waals surface area contributed by atoms with E-state index in [9.17, 15) is 9.90 Å². The number of rotatable bonds is 7. The summed E-state index contributed by atoms with van der Waals surface area (Å²) in [4.78, 5) is 18.2. The molecule has 0 bridgehead atoms. The van der Waals surface area contributed by atoms with Crippen LogP contribution in [-0.2, 0) is 4.79 Å². The van der Waals surface area contributed by atoms with E-state index in [-0.39, 0.29) is 12.5 Å². The Labute approximate surface area is 166 Å². The molecule has 2 rings (SSSR count). The van der Waals surface area contributed by atoms with E-state index < -0.39 is 6.10 Å². The lowest BCUT2D eigenvalue weighted by Gasteiger charge is -2.32. The van der Waals surface area contributed by atoms with Crippen molar-refractivity contribution in [1.82, 2.24) is 20.9 Å². The van der Waals surface area contributed by atoms with Crippen molar-refractivity contribution in [2.75, 3.05) is 39.8 Å². The number of hydrogen-bond acceptors (Lipinski definition) is 4. The van der Waals surface area contributed by atoms with Crippen molar-refractivity contribution >= 4 is 23.5 Å². The van der Waals surface area contributed by atoms with Crippen LogP contribution >= 0.6 is 11.6 Å². The number of carbonyl (C=O) groups excluding carboxylic acids is 1. The first-order chi connectivity index (χ1) is 13.0. The van der Waals surface area contributed by atoms with Crippen LogP contribution in [0.1, 0.15) is 31.4 Å². The summed E-state index contributed by atoms with van der Waals surface area (Å²) in [5.74, 6) is 0.734. The summed E-state index contributed by atoms with van der Waals surface area (Å²) < 4.78 is 0. The van der Waals surface area contributed by atoms with Crippen molar-refractivity contribution in [1.29, 1.82) is 0 Å². The third kappa shape index (κ3) is 7.01. The number of nitrogens with zero attached hydrogens (tertiary/aromatic N) is 2. The molecule has 4 N–H and O–H groups in total. The molecular formula is C19H30ClN5O2. The van der Waals surface area contributed by atoms with E-state index in [0.717, 1.165) is 32.5 Å². The van der Waals surface area contributed by atoms with Gasteiger partial charge in [-0.15, -0.1) is 0 Å². The molecule has 0 aromatic heterocycles. The standard InChI is InChI=1S/C19H30ClN5O2/c1-3-22-19(23-12-17(26)15-6-4-5-7-16(15)20)24-14-8-10-25(11-9-14)13-18(27)21-2/h4-7,14,17,26H,3,8-13H2,1-2H3,(H,21,27)(H2,22,23,24). The van der Waals surface area contributed by atoms with Crippen LogP contribution in [0.5, 0.6) is 0 Å². The van der Waals surface area contributed by atoms with E-state index in [1.54, 1.807) is 13.1 Å². The first-order valence-corrected chi connectivity index (χ1v) is 9.81. The molecule has 27 heavy (non-hydrogen) atoms. The molecule has 1 heterocycles. The number of halogens is 1. The molecule has 1 amide bonds. The zero-order chi connectivity index (χ0) is 19.6. The van der Waals surface area contributed by atoms with Gasteiger partial charge < -0.3 is 21.1 Å². The maximum Gasteiger partial charge on any atom is 0.233 e. The number of likely N-dealkylation sites (N-methyl/N-ethyl adjacent to an activating group) is 1. The van der Waals surface area contributed by atoms with E-state index in [2.05, 4.69) is 25.8 Å². The second-order valence-electron chi connectivity index (χ2n) is 6.62. The van der Waals surface area contributed by atoms with Crippen LogP contribution in [0.15, 0.2) is 29.3 Å². The van der Waals surface area contributed by atoms with Gasteiger partial charge in [-0.1, -0.05) is 29.8 Å². The fourth-order valence-electron chi connectivity index (χ4n) is 3.05. The van der Waals surface area contributed by atoms with Gasteiger partial charge in [-0.3, -0.25) is 14.7 Å². The van der Waals surface area contributed by atoms with Crippen LogP contribution in [0.3, 0.4) is 0 Å². The average molecular weight is 396 g/mol. The number of aliphatic hydroxyl groups excluding tert-OH is 1. The minimum absolute atomic E-state index is 0.0462. The Bertz CT molecular complexity index is 632. The number of hydrogen-bond donors (Lipinski definition) is 4. The highest BCUT2D eigenvalue weighted by Gasteiger charge is 2.21. The van der Waals surface area contributed by atoms with Crippen LogP contribution in [-0.4, -0.2) is 67.7 Å². The summed E-state index contributed by atoms with van der Waals surface area (Å²) in [6.07, 6.45) is 1.13. The van der Waals surface area contributed by atoms with Gasteiger partial charge in [-0.2, -0.15) is 0 Å². The van der Waals surface area contributed by atoms with Gasteiger partial charge in [0.05, 0.1) is 13.1 Å². The van der Waals surface area contributed by atoms with Crippen molar-refractivity contribution in [2.24, 2.45) is 4.99 Å². The SMILES string of the molecule is CCNC(=NCC(O)c1ccccc1Cl)NC1CCN(CC(=O)NC)CC1. The summed E-state index contributed by atoms with van der Waals surface area (Å²) >= 11 is 6.14. The highest BCUT2D eigenvalue weighted by molar-refractivity contribution is 6.31. The minimum atomic E-state index is -0.747. The topological polar surface area (TPSA) is 89.0 Å². The Morgan fingerprint density at radius 3 is 2.70 bits per heavy atom. The van der Waals surface area contributed by atoms with E-state index in [1.807, 2.05) is 25.1 Å². The molecule has 1 aliphatic rings. The second kappa shape index (κ2) is 11.1. The predicted octanol–water partition coefficient (Wildman–Crippen LogP) is 1.14. The molecule has 8 heteroatoms. The smallest absolute Gasteiger partial charge is 0.233 e. The lowest BCUT2D eigenvalue weighted by Crippen LogP contribution is -2.50. The maximum absolute atomic E-state index is 11.5. The molecule has 0 radical (unpaired) electrons. The Balaban J connectivity index is 1.87. The third-order valence-corrected chi connectivity index (χ3v) is 4.95. The Morgan fingerprint density at radius 2 is 2.07 bits per heavy atom. The largest absolute Gasteiger partial charge is 0.386 e. The number of carbonyl (C=O) groups is 1. The van der Waals surface area contributed by atoms with Crippen molar-refractivity contribution in [3.63, 3.8) is 0 Å². The molecule has 1 saturated heterocycles. The summed E-state index contributed by atoms with van der Waals surface area (Å²) in [6.45, 7) is 5.16. The number of aliphatic imine (C=N–C) groups is 1. The van der Waals surface area contributed by atoms with E-state index >= 15 is 0 Å². The molecule has 1 fully saturated rings. The molecular weight excluding hydrogens is 366 g/mol. The van der Waals surface area contributed by atoms with Crippen molar-refractivity contribution in [2.45, 2.75) is 31.9 Å². The van der Waals surface area contributed by atoms with Crippen molar-refractivity contribution < 1.29 is 9.90 Å². The van der Waals surface area contributed by atoms with Gasteiger partial charge in [0.25, 0.3) is 0 Å². The Morgan fingerprint density at radius 1 is 1.37 bits per heavy atom. The van der Waals surface area contributed by atoms with Crippen LogP contribution < -0.4 is 16.0 Å². The Hall–Kier alpha value is -1.83. The van der Waals surface area contributed by atoms with Gasteiger partial charge in [0.1, 0.15) is 6.10 Å². The summed E-state index contributed by atoms with van der Waals surface area (Å²) in [5.41, 5.74) is 0.682. The molecule has 7 nitrogen and oxygen atoms in total. The molecule has 1 atom stereocenters. The lowest BCUT2D eigenvalue weighted by atomic mass is 10.1. The number of benzene rings is 1. The first kappa shape index (κ1) is 21.5. The summed E-state index contributed by atoms with van der Waals surface area (Å²) in [6, 6.07) is 7.56. The summed E-state index contributed by atoms with van der Waals surface area (Å²) in [5, 5.41) is 20.2. The van der Waals surface area contributed by atoms with Crippen LogP contribution in [0.25, 0.3) is 0 Å². The number of likely N-dealkylation sites (tertiary alicyclic amines) is 1. The number of aliphatic hydroxyl groups is 1. The second-order valence-corrected chi connectivity index (χ2v) is 7.03. The molecule has 0 aliphatic carbocycles. The predicted molar refractivity (Wildman–Crippen MR) is 109 cm³/mol. The van der Waals surface area contributed by atoms with Gasteiger partial charge in [0, 0.05) is 43.3 Å². The molecule has 0 saturated carbocycles. The highest BCUT2D eigenvalue weighted by atomic mass is 35.5. The normalized spacial score (nSPS) is 17.4. The van der Waals surface area contributed by atoms with Crippen molar-refractivity contribution in [3.8, 4) is 0 Å². The fourth-order valence-corrected chi connectivity index (χ4v) is 3.31. The average Bonchev–Trinajstić information content (AvgIpc) is 2.67. The van der Waals surface area contributed by atoms with E-state index in [0.29, 0.717) is 29.1 Å². The summed E-state index contributed by atoms with van der Waals surface area (Å²) in [7, 11) is 1.66. The molecule has 150 valence electrons. The first-order valence-electron chi connectivity index (χ1n) is 9.43. The highest BCUT2D eigenvalue weighted by Crippen LogP contribution is 2.22. The number of guanidine groups is 1. The molecule has 1 unspecified atom stereocenters. The zero-order valence-electron chi connectivity index (χ0n) is 16.0. The molecule has 1 aromatic carbocycles. The van der Waals surface area contributed by atoms with Gasteiger partial charge in [0.2, 0.25) is 5.91 Å². The number of piperidine rings is 1. The molecule has 1 aromatic rings. The molecule has 0 spiro atoms. The third-order valence-electron chi connectivity index (χ3n) is 4.61. The number of amides is 1. The maximum atomic E-state index is 11.5. The Kier molecular flexibility index (Phi) is 8.84. The van der Waals surface area contributed by atoms with Crippen LogP contribution in [0.4, 0.5) is 0 Å². The fraction of sp³-hybridized carbons (Fsp3) is 0.579. The van der Waals surface area contributed by atoms with Gasteiger partial charge in [0.15, 0.2) is 5.96 Å². The molecule has 1 aliphatic heterocycles. The quantitative estimate of drug-likeness (QED) is 0.410. The van der Waals surface area contributed by atoms with Gasteiger partial charge in [-0.05, 0) is 25.8 Å². The van der Waals surface area contributed by atoms with E-state index in [4.69, 9.17) is 11.6 Å². The van der Waals surface area contributed by atoms with Crippen LogP contribution in [0, 0.1) is 0 Å². The van der Waals surface area contributed by atoms with E-state index in [1.165, 1.54) is 0 Å². The van der Waals surface area contributed by atoms with Crippen molar-refractivity contribution in [3.05, 3.63) is 34.9 Å². The lowest BCUT2D eigenvalue weighted by molar-refractivity contribution is -0.122.